The fourth-order valence-corrected chi connectivity index (χ4v) is 2.39. The maximum atomic E-state index is 12.3. The second-order valence-electron chi connectivity index (χ2n) is 7.31. The van der Waals surface area contributed by atoms with Gasteiger partial charge in [-0.2, -0.15) is 0 Å². The van der Waals surface area contributed by atoms with E-state index in [1.165, 1.54) is 18.9 Å². The lowest BCUT2D eigenvalue weighted by Gasteiger charge is -2.32. The van der Waals surface area contributed by atoms with Crippen LogP contribution in [0.5, 0.6) is 0 Å². The molecule has 0 saturated heterocycles. The minimum absolute atomic E-state index is 0.169. The third kappa shape index (κ3) is 9.63. The average molecular weight is 404 g/mol. The summed E-state index contributed by atoms with van der Waals surface area (Å²) in [6.45, 7) is 7.57. The highest BCUT2D eigenvalue weighted by Gasteiger charge is 2.32. The smallest absolute Gasteiger partial charge is 0.408 e. The molecule has 8 heteroatoms. The van der Waals surface area contributed by atoms with Crippen molar-refractivity contribution in [2.75, 3.05) is 6.61 Å². The molecule has 1 aromatic carbocycles. The molecule has 1 aromatic rings. The van der Waals surface area contributed by atoms with Gasteiger partial charge in [-0.1, -0.05) is 36.3 Å². The molecule has 1 rings (SSSR count). The van der Waals surface area contributed by atoms with Gasteiger partial charge in [-0.25, -0.2) is 4.79 Å². The summed E-state index contributed by atoms with van der Waals surface area (Å²) in [5.74, 6) is 1.39. The first-order valence-electron chi connectivity index (χ1n) is 9.10. The molecule has 0 bridgehead atoms. The van der Waals surface area contributed by atoms with Crippen molar-refractivity contribution in [2.45, 2.75) is 58.8 Å². The van der Waals surface area contributed by atoms with Gasteiger partial charge in [0.1, 0.15) is 18.2 Å². The topological polar surface area (TPSA) is 94.2 Å². The highest BCUT2D eigenvalue weighted by Crippen LogP contribution is 2.14. The lowest BCUT2D eigenvalue weighted by atomic mass is 10.1. The van der Waals surface area contributed by atoms with Crippen LogP contribution in [0.15, 0.2) is 30.3 Å². The molecular weight excluding hydrogens is 376 g/mol. The maximum absolute atomic E-state index is 12.3. The number of alkyl carbamates (subject to hydrolysis) is 1. The van der Waals surface area contributed by atoms with Crippen molar-refractivity contribution < 1.29 is 28.7 Å². The van der Waals surface area contributed by atoms with Crippen LogP contribution >= 0.6 is 0 Å². The molecular formula is C21H28N2O6. The van der Waals surface area contributed by atoms with Gasteiger partial charge in [-0.3, -0.25) is 9.59 Å². The van der Waals surface area contributed by atoms with Crippen LogP contribution in [-0.2, 0) is 30.4 Å². The Morgan fingerprint density at radius 3 is 2.24 bits per heavy atom. The lowest BCUT2D eigenvalue weighted by molar-refractivity contribution is -0.201. The van der Waals surface area contributed by atoms with E-state index in [2.05, 4.69) is 11.2 Å². The van der Waals surface area contributed by atoms with Crippen molar-refractivity contribution in [3.63, 3.8) is 0 Å². The molecule has 0 aliphatic rings. The number of carbonyl (C=O) groups is 3. The number of hydroxylamine groups is 2. The Kier molecular flexibility index (Phi) is 9.16. The number of amides is 1. The van der Waals surface area contributed by atoms with E-state index in [1.807, 2.05) is 30.3 Å². The second kappa shape index (κ2) is 11.1. The van der Waals surface area contributed by atoms with Crippen molar-refractivity contribution in [3.05, 3.63) is 35.9 Å². The third-order valence-corrected chi connectivity index (χ3v) is 3.46. The summed E-state index contributed by atoms with van der Waals surface area (Å²) in [7, 11) is 0. The summed E-state index contributed by atoms with van der Waals surface area (Å²) < 4.78 is 10.3. The number of hydrogen-bond acceptors (Lipinski definition) is 7. The predicted molar refractivity (Wildman–Crippen MR) is 106 cm³/mol. The van der Waals surface area contributed by atoms with Crippen molar-refractivity contribution in [2.24, 2.45) is 0 Å². The normalized spacial score (nSPS) is 13.0. The highest BCUT2D eigenvalue weighted by molar-refractivity contribution is 5.69. The van der Waals surface area contributed by atoms with Crippen molar-refractivity contribution in [3.8, 4) is 12.3 Å². The molecule has 0 aliphatic carbocycles. The number of carbonyl (C=O) groups excluding carboxylic acids is 3. The van der Waals surface area contributed by atoms with E-state index in [0.29, 0.717) is 0 Å². The number of terminal acetylenes is 1. The summed E-state index contributed by atoms with van der Waals surface area (Å²) in [6, 6.07) is 7.39. The zero-order valence-corrected chi connectivity index (χ0v) is 17.4. The number of nitrogens with zero attached hydrogens (tertiary/aromatic N) is 1. The van der Waals surface area contributed by atoms with Gasteiger partial charge >= 0.3 is 18.0 Å². The highest BCUT2D eigenvalue weighted by atomic mass is 16.7. The number of rotatable bonds is 8. The minimum Gasteiger partial charge on any atom is -0.464 e. The zero-order chi connectivity index (χ0) is 22.0. The predicted octanol–water partition coefficient (Wildman–Crippen LogP) is 2.42. The Balaban J connectivity index is 3.11. The van der Waals surface area contributed by atoms with E-state index in [-0.39, 0.29) is 13.2 Å². The maximum Gasteiger partial charge on any atom is 0.408 e. The molecule has 8 nitrogen and oxygen atoms in total. The first-order chi connectivity index (χ1) is 13.5. The summed E-state index contributed by atoms with van der Waals surface area (Å²) in [5, 5.41) is 3.87. The standard InChI is InChI=1S/C21H28N2O6/c1-7-19(23(29-16(3)25)13-17-11-9-8-10-12-17)18(14-27-15(2)24)22-20(26)28-21(4,5)6/h1,8-12,18-19H,13-14H2,2-6H3,(H,22,26)/t18-,19-/m0/s1. The van der Waals surface area contributed by atoms with Crippen molar-refractivity contribution in [1.82, 2.24) is 10.4 Å². The molecule has 0 aromatic heterocycles. The van der Waals surface area contributed by atoms with Gasteiger partial charge in [0.05, 0.1) is 12.6 Å². The number of benzene rings is 1. The molecule has 1 amide bonds. The van der Waals surface area contributed by atoms with Crippen LogP contribution < -0.4 is 5.32 Å². The molecule has 0 saturated carbocycles. The summed E-state index contributed by atoms with van der Waals surface area (Å²) in [5.41, 5.74) is 0.0962. The van der Waals surface area contributed by atoms with Gasteiger partial charge in [0.25, 0.3) is 0 Å². The van der Waals surface area contributed by atoms with Gasteiger partial charge in [0.15, 0.2) is 0 Å². The molecule has 0 radical (unpaired) electrons. The number of hydrogen-bond donors (Lipinski definition) is 1. The van der Waals surface area contributed by atoms with Gasteiger partial charge in [-0.05, 0) is 26.3 Å². The number of ether oxygens (including phenoxy) is 2. The molecule has 0 heterocycles. The monoisotopic (exact) mass is 404 g/mol. The van der Waals surface area contributed by atoms with Gasteiger partial charge in [0, 0.05) is 13.8 Å². The van der Waals surface area contributed by atoms with Crippen LogP contribution in [0, 0.1) is 12.3 Å². The quantitative estimate of drug-likeness (QED) is 0.404. The Morgan fingerprint density at radius 2 is 1.76 bits per heavy atom. The Morgan fingerprint density at radius 1 is 1.14 bits per heavy atom. The summed E-state index contributed by atoms with van der Waals surface area (Å²) >= 11 is 0. The third-order valence-electron chi connectivity index (χ3n) is 3.46. The Bertz CT molecular complexity index is 736. The van der Waals surface area contributed by atoms with E-state index < -0.39 is 35.7 Å². The van der Waals surface area contributed by atoms with Crippen molar-refractivity contribution in [1.29, 1.82) is 0 Å². The molecule has 0 unspecified atom stereocenters. The molecule has 29 heavy (non-hydrogen) atoms. The first-order valence-corrected chi connectivity index (χ1v) is 9.10. The SMILES string of the molecule is C#C[C@@H]([C@H](COC(C)=O)NC(=O)OC(C)(C)C)N(Cc1ccccc1)OC(C)=O. The van der Waals surface area contributed by atoms with E-state index in [9.17, 15) is 14.4 Å². The van der Waals surface area contributed by atoms with Crippen LogP contribution in [0.2, 0.25) is 0 Å². The Labute approximate surface area is 171 Å². The molecule has 2 atom stereocenters. The van der Waals surface area contributed by atoms with Crippen LogP contribution in [0.1, 0.15) is 40.2 Å². The zero-order valence-electron chi connectivity index (χ0n) is 17.4. The van der Waals surface area contributed by atoms with E-state index in [1.54, 1.807) is 20.8 Å². The Hall–Kier alpha value is -3.05. The number of esters is 1. The van der Waals surface area contributed by atoms with E-state index in [4.69, 9.17) is 20.7 Å². The summed E-state index contributed by atoms with van der Waals surface area (Å²) in [4.78, 5) is 40.5. The van der Waals surface area contributed by atoms with E-state index in [0.717, 1.165) is 5.56 Å². The van der Waals surface area contributed by atoms with Gasteiger partial charge in [-0.15, -0.1) is 11.5 Å². The first kappa shape index (κ1) is 24.0. The molecule has 0 spiro atoms. The van der Waals surface area contributed by atoms with Crippen LogP contribution in [0.4, 0.5) is 4.79 Å². The molecule has 0 fully saturated rings. The fraction of sp³-hybridized carbons (Fsp3) is 0.476. The van der Waals surface area contributed by atoms with E-state index >= 15 is 0 Å². The van der Waals surface area contributed by atoms with Gasteiger partial charge < -0.3 is 19.6 Å². The lowest BCUT2D eigenvalue weighted by Crippen LogP contribution is -2.54. The molecule has 1 N–H and O–H groups in total. The van der Waals surface area contributed by atoms with Crippen LogP contribution in [0.3, 0.4) is 0 Å². The van der Waals surface area contributed by atoms with Crippen LogP contribution in [-0.4, -0.2) is 47.4 Å². The number of nitrogens with one attached hydrogen (secondary N) is 1. The van der Waals surface area contributed by atoms with Gasteiger partial charge in [0.2, 0.25) is 0 Å². The van der Waals surface area contributed by atoms with Crippen LogP contribution in [0.25, 0.3) is 0 Å². The summed E-state index contributed by atoms with van der Waals surface area (Å²) in [6.07, 6.45) is 4.96. The average Bonchev–Trinajstić information content (AvgIpc) is 2.58. The second-order valence-corrected chi connectivity index (χ2v) is 7.31. The van der Waals surface area contributed by atoms with Crippen molar-refractivity contribution >= 4 is 18.0 Å². The minimum atomic E-state index is -0.925. The molecule has 158 valence electrons. The largest absolute Gasteiger partial charge is 0.464 e. The molecule has 0 aliphatic heterocycles. The fourth-order valence-electron chi connectivity index (χ4n) is 2.39.